The molecule has 2 amide bonds. The van der Waals surface area contributed by atoms with Gasteiger partial charge in [-0.1, -0.05) is 6.07 Å². The molecule has 0 aliphatic rings. The Kier molecular flexibility index (Phi) is 7.50. The summed E-state index contributed by atoms with van der Waals surface area (Å²) in [6.45, 7) is 5.18. The topological polar surface area (TPSA) is 87.7 Å². The summed E-state index contributed by atoms with van der Waals surface area (Å²) in [7, 11) is 0. The van der Waals surface area contributed by atoms with Crippen molar-refractivity contribution in [2.45, 2.75) is 13.8 Å². The van der Waals surface area contributed by atoms with E-state index in [1.165, 1.54) is 18.2 Å². The van der Waals surface area contributed by atoms with Crippen molar-refractivity contribution in [1.29, 1.82) is 0 Å². The highest BCUT2D eigenvalue weighted by molar-refractivity contribution is 5.96. The summed E-state index contributed by atoms with van der Waals surface area (Å²) in [4.78, 5) is 37.7. The van der Waals surface area contributed by atoms with Crippen LogP contribution >= 0.6 is 0 Å². The molecule has 28 heavy (non-hydrogen) atoms. The minimum Gasteiger partial charge on any atom is -0.452 e. The molecule has 0 saturated heterocycles. The number of amides is 2. The van der Waals surface area contributed by atoms with Crippen molar-refractivity contribution in [3.8, 4) is 0 Å². The third-order valence-corrected chi connectivity index (χ3v) is 3.97. The fourth-order valence-corrected chi connectivity index (χ4v) is 2.48. The van der Waals surface area contributed by atoms with Crippen LogP contribution in [0.1, 0.15) is 34.6 Å². The lowest BCUT2D eigenvalue weighted by molar-refractivity contribution is -0.125. The Labute approximate surface area is 162 Å². The smallest absolute Gasteiger partial charge is 0.338 e. The van der Waals surface area contributed by atoms with Gasteiger partial charge in [-0.3, -0.25) is 20.4 Å². The fourth-order valence-electron chi connectivity index (χ4n) is 2.48. The van der Waals surface area contributed by atoms with Gasteiger partial charge in [-0.05, 0) is 56.3 Å². The first-order valence-electron chi connectivity index (χ1n) is 8.81. The lowest BCUT2D eigenvalue weighted by atomic mass is 10.2. The maximum absolute atomic E-state index is 13.1. The molecule has 0 heterocycles. The van der Waals surface area contributed by atoms with E-state index in [9.17, 15) is 18.8 Å². The number of hydrazine groups is 1. The number of benzene rings is 2. The minimum absolute atomic E-state index is 0.00914. The standard InChI is InChI=1S/C20H22FN3O4/c1-3-24(4-2)17-10-8-14(9-11-17)19(26)23-22-18(25)13-28-20(27)15-6-5-7-16(21)12-15/h5-12H,3-4,13H2,1-2H3,(H,22,25)(H,23,26). The molecule has 0 aliphatic carbocycles. The number of carbonyl (C=O) groups excluding carboxylic acids is 3. The summed E-state index contributed by atoms with van der Waals surface area (Å²) in [5.41, 5.74) is 5.76. The molecule has 2 N–H and O–H groups in total. The average molecular weight is 387 g/mol. The van der Waals surface area contributed by atoms with E-state index in [2.05, 4.69) is 15.8 Å². The van der Waals surface area contributed by atoms with Crippen molar-refractivity contribution < 1.29 is 23.5 Å². The predicted molar refractivity (Wildman–Crippen MR) is 102 cm³/mol. The molecular formula is C20H22FN3O4. The summed E-state index contributed by atoms with van der Waals surface area (Å²) in [6.07, 6.45) is 0. The molecule has 2 aromatic rings. The molecule has 0 aromatic heterocycles. The molecule has 8 heteroatoms. The number of halogens is 1. The number of ether oxygens (including phenoxy) is 1. The Hall–Kier alpha value is -3.42. The molecule has 0 radical (unpaired) electrons. The van der Waals surface area contributed by atoms with Crippen molar-refractivity contribution in [1.82, 2.24) is 10.9 Å². The summed E-state index contributed by atoms with van der Waals surface area (Å²) in [6, 6.07) is 11.9. The number of hydrogen-bond acceptors (Lipinski definition) is 5. The van der Waals surface area contributed by atoms with Crippen LogP contribution in [0, 0.1) is 5.82 Å². The Morgan fingerprint density at radius 3 is 2.25 bits per heavy atom. The molecule has 148 valence electrons. The van der Waals surface area contributed by atoms with Crippen molar-refractivity contribution in [2.24, 2.45) is 0 Å². The SMILES string of the molecule is CCN(CC)c1ccc(C(=O)NNC(=O)COC(=O)c2cccc(F)c2)cc1. The van der Waals surface area contributed by atoms with Gasteiger partial charge in [0.15, 0.2) is 6.61 Å². The first kappa shape index (κ1) is 20.9. The van der Waals surface area contributed by atoms with Crippen LogP contribution < -0.4 is 15.8 Å². The van der Waals surface area contributed by atoms with E-state index in [4.69, 9.17) is 4.74 Å². The first-order chi connectivity index (χ1) is 13.4. The van der Waals surface area contributed by atoms with Gasteiger partial charge in [-0.25, -0.2) is 9.18 Å². The van der Waals surface area contributed by atoms with Gasteiger partial charge in [0.05, 0.1) is 5.56 Å². The van der Waals surface area contributed by atoms with Gasteiger partial charge >= 0.3 is 5.97 Å². The van der Waals surface area contributed by atoms with E-state index in [1.807, 2.05) is 26.0 Å². The minimum atomic E-state index is -0.840. The molecule has 0 aliphatic heterocycles. The number of carbonyl (C=O) groups is 3. The normalized spacial score (nSPS) is 10.1. The molecular weight excluding hydrogens is 365 g/mol. The second kappa shape index (κ2) is 10.1. The van der Waals surface area contributed by atoms with Crippen molar-refractivity contribution >= 4 is 23.5 Å². The number of anilines is 1. The van der Waals surface area contributed by atoms with Crippen LogP contribution in [0.4, 0.5) is 10.1 Å². The Bertz CT molecular complexity index is 836. The second-order valence-corrected chi connectivity index (χ2v) is 5.81. The quantitative estimate of drug-likeness (QED) is 0.562. The van der Waals surface area contributed by atoms with Gasteiger partial charge in [-0.2, -0.15) is 0 Å². The average Bonchev–Trinajstić information content (AvgIpc) is 2.71. The molecule has 0 saturated carbocycles. The zero-order chi connectivity index (χ0) is 20.5. The molecule has 0 bridgehead atoms. The number of nitrogens with one attached hydrogen (secondary N) is 2. The number of rotatable bonds is 7. The van der Waals surface area contributed by atoms with E-state index in [-0.39, 0.29) is 5.56 Å². The maximum Gasteiger partial charge on any atom is 0.338 e. The number of esters is 1. The first-order valence-corrected chi connectivity index (χ1v) is 8.81. The molecule has 0 fully saturated rings. The monoisotopic (exact) mass is 387 g/mol. The van der Waals surface area contributed by atoms with Crippen LogP contribution in [-0.2, 0) is 9.53 Å². The highest BCUT2D eigenvalue weighted by Gasteiger charge is 2.12. The van der Waals surface area contributed by atoms with Gasteiger partial charge in [0.2, 0.25) is 0 Å². The zero-order valence-corrected chi connectivity index (χ0v) is 15.7. The molecule has 7 nitrogen and oxygen atoms in total. The van der Waals surface area contributed by atoms with Crippen LogP contribution in [0.25, 0.3) is 0 Å². The van der Waals surface area contributed by atoms with E-state index in [0.29, 0.717) is 5.56 Å². The molecule has 0 spiro atoms. The summed E-state index contributed by atoms with van der Waals surface area (Å²) in [5, 5.41) is 0. The van der Waals surface area contributed by atoms with Crippen LogP contribution in [0.15, 0.2) is 48.5 Å². The van der Waals surface area contributed by atoms with Gasteiger partial charge in [0, 0.05) is 24.3 Å². The molecule has 0 unspecified atom stereocenters. The van der Waals surface area contributed by atoms with E-state index >= 15 is 0 Å². The van der Waals surface area contributed by atoms with E-state index in [0.717, 1.165) is 24.8 Å². The summed E-state index contributed by atoms with van der Waals surface area (Å²) < 4.78 is 17.8. The maximum atomic E-state index is 13.1. The van der Waals surface area contributed by atoms with Crippen LogP contribution in [-0.4, -0.2) is 37.5 Å². The van der Waals surface area contributed by atoms with Gasteiger partial charge in [0.25, 0.3) is 11.8 Å². The number of hydrogen-bond donors (Lipinski definition) is 2. The highest BCUT2D eigenvalue weighted by atomic mass is 19.1. The molecule has 2 rings (SSSR count). The summed E-state index contributed by atoms with van der Waals surface area (Å²) >= 11 is 0. The Morgan fingerprint density at radius 2 is 1.64 bits per heavy atom. The lowest BCUT2D eigenvalue weighted by Crippen LogP contribution is -2.43. The van der Waals surface area contributed by atoms with Gasteiger partial charge < -0.3 is 9.64 Å². The third kappa shape index (κ3) is 5.80. The second-order valence-electron chi connectivity index (χ2n) is 5.81. The Balaban J connectivity index is 1.80. The largest absolute Gasteiger partial charge is 0.452 e. The highest BCUT2D eigenvalue weighted by Crippen LogP contribution is 2.14. The van der Waals surface area contributed by atoms with Crippen LogP contribution in [0.5, 0.6) is 0 Å². The van der Waals surface area contributed by atoms with Crippen LogP contribution in [0.3, 0.4) is 0 Å². The fraction of sp³-hybridized carbons (Fsp3) is 0.250. The van der Waals surface area contributed by atoms with Crippen molar-refractivity contribution in [3.63, 3.8) is 0 Å². The van der Waals surface area contributed by atoms with E-state index < -0.39 is 30.2 Å². The Morgan fingerprint density at radius 1 is 0.964 bits per heavy atom. The molecule has 0 atom stereocenters. The predicted octanol–water partition coefficient (Wildman–Crippen LogP) is 2.29. The zero-order valence-electron chi connectivity index (χ0n) is 15.7. The van der Waals surface area contributed by atoms with Crippen molar-refractivity contribution in [2.75, 3.05) is 24.6 Å². The van der Waals surface area contributed by atoms with Crippen LogP contribution in [0.2, 0.25) is 0 Å². The number of nitrogens with zero attached hydrogens (tertiary/aromatic N) is 1. The van der Waals surface area contributed by atoms with Gasteiger partial charge in [-0.15, -0.1) is 0 Å². The van der Waals surface area contributed by atoms with Gasteiger partial charge in [0.1, 0.15) is 5.82 Å². The van der Waals surface area contributed by atoms with Crippen molar-refractivity contribution in [3.05, 3.63) is 65.5 Å². The lowest BCUT2D eigenvalue weighted by Gasteiger charge is -2.21. The molecule has 2 aromatic carbocycles. The third-order valence-electron chi connectivity index (χ3n) is 3.97. The summed E-state index contributed by atoms with van der Waals surface area (Å²) in [5.74, 6) is -2.65. The van der Waals surface area contributed by atoms with E-state index in [1.54, 1.807) is 12.1 Å².